The van der Waals surface area contributed by atoms with Gasteiger partial charge in [0.05, 0.1) is 0 Å². The molecule has 1 N–H and O–H groups in total. The zero-order valence-corrected chi connectivity index (χ0v) is 12.6. The van der Waals surface area contributed by atoms with Crippen LogP contribution in [-0.4, -0.2) is 19.1 Å². The van der Waals surface area contributed by atoms with Crippen molar-refractivity contribution in [3.05, 3.63) is 29.3 Å². The zero-order valence-electron chi connectivity index (χ0n) is 12.6. The van der Waals surface area contributed by atoms with Gasteiger partial charge in [-0.2, -0.15) is 0 Å². The van der Waals surface area contributed by atoms with Gasteiger partial charge in [0.15, 0.2) is 6.61 Å². The molecule has 0 aliphatic heterocycles. The van der Waals surface area contributed by atoms with Crippen LogP contribution in [0, 0.1) is 19.8 Å². The van der Waals surface area contributed by atoms with E-state index in [2.05, 4.69) is 11.4 Å². The van der Waals surface area contributed by atoms with E-state index in [0.717, 1.165) is 23.4 Å². The number of hydrogen-bond acceptors (Lipinski definition) is 2. The summed E-state index contributed by atoms with van der Waals surface area (Å²) in [6.45, 7) is 4.97. The van der Waals surface area contributed by atoms with Crippen LogP contribution in [0.1, 0.15) is 43.2 Å². The summed E-state index contributed by atoms with van der Waals surface area (Å²) in [6.07, 6.45) is 6.45. The SMILES string of the molecule is Cc1cc(C)cc(OCC(=O)NCC2CCCCC2)c1. The van der Waals surface area contributed by atoms with Crippen molar-refractivity contribution in [2.24, 2.45) is 5.92 Å². The number of hydrogen-bond donors (Lipinski definition) is 1. The quantitative estimate of drug-likeness (QED) is 0.894. The van der Waals surface area contributed by atoms with E-state index in [9.17, 15) is 4.79 Å². The standard InChI is InChI=1S/C17H25NO2/c1-13-8-14(2)10-16(9-13)20-12-17(19)18-11-15-6-4-3-5-7-15/h8-10,15H,3-7,11-12H2,1-2H3,(H,18,19). The van der Waals surface area contributed by atoms with Gasteiger partial charge in [0.25, 0.3) is 5.91 Å². The molecule has 3 heteroatoms. The molecular weight excluding hydrogens is 250 g/mol. The molecule has 1 aromatic carbocycles. The fraction of sp³-hybridized carbons (Fsp3) is 0.588. The van der Waals surface area contributed by atoms with Crippen LogP contribution in [0.3, 0.4) is 0 Å². The van der Waals surface area contributed by atoms with Crippen LogP contribution in [0.25, 0.3) is 0 Å². The van der Waals surface area contributed by atoms with E-state index in [4.69, 9.17) is 4.74 Å². The van der Waals surface area contributed by atoms with E-state index in [0.29, 0.717) is 5.92 Å². The van der Waals surface area contributed by atoms with E-state index in [-0.39, 0.29) is 12.5 Å². The zero-order chi connectivity index (χ0) is 14.4. The number of carbonyl (C=O) groups is 1. The largest absolute Gasteiger partial charge is 0.484 e. The molecular formula is C17H25NO2. The third kappa shape index (κ3) is 4.87. The van der Waals surface area contributed by atoms with Crippen molar-refractivity contribution in [1.82, 2.24) is 5.32 Å². The maximum Gasteiger partial charge on any atom is 0.257 e. The van der Waals surface area contributed by atoms with Gasteiger partial charge in [-0.25, -0.2) is 0 Å². The molecule has 1 aliphatic carbocycles. The average Bonchev–Trinajstić information content (AvgIpc) is 2.43. The smallest absolute Gasteiger partial charge is 0.257 e. The lowest BCUT2D eigenvalue weighted by molar-refractivity contribution is -0.123. The Bertz CT molecular complexity index is 430. The molecule has 0 radical (unpaired) electrons. The molecule has 1 saturated carbocycles. The first-order valence-corrected chi connectivity index (χ1v) is 7.61. The Kier molecular flexibility index (Phi) is 5.45. The summed E-state index contributed by atoms with van der Waals surface area (Å²) in [5, 5.41) is 2.99. The predicted octanol–water partition coefficient (Wildman–Crippen LogP) is 3.38. The van der Waals surface area contributed by atoms with Crippen LogP contribution >= 0.6 is 0 Å². The minimum absolute atomic E-state index is 0.0188. The van der Waals surface area contributed by atoms with Crippen LogP contribution in [-0.2, 0) is 4.79 Å². The molecule has 20 heavy (non-hydrogen) atoms. The van der Waals surface area contributed by atoms with E-state index in [1.54, 1.807) is 0 Å². The van der Waals surface area contributed by atoms with Crippen LogP contribution in [0.15, 0.2) is 18.2 Å². The Morgan fingerprint density at radius 1 is 1.15 bits per heavy atom. The van der Waals surface area contributed by atoms with E-state index >= 15 is 0 Å². The molecule has 0 bridgehead atoms. The van der Waals surface area contributed by atoms with Crippen LogP contribution in [0.4, 0.5) is 0 Å². The highest BCUT2D eigenvalue weighted by molar-refractivity contribution is 5.77. The third-order valence-corrected chi connectivity index (χ3v) is 3.88. The second-order valence-corrected chi connectivity index (χ2v) is 5.92. The summed E-state index contributed by atoms with van der Waals surface area (Å²) in [6, 6.07) is 6.01. The molecule has 0 saturated heterocycles. The van der Waals surface area contributed by atoms with Gasteiger partial charge >= 0.3 is 0 Å². The first kappa shape index (κ1) is 14.9. The number of ether oxygens (including phenoxy) is 1. The van der Waals surface area contributed by atoms with Crippen LogP contribution in [0.2, 0.25) is 0 Å². The van der Waals surface area contributed by atoms with Crippen molar-refractivity contribution in [2.75, 3.05) is 13.2 Å². The van der Waals surface area contributed by atoms with Crippen molar-refractivity contribution >= 4 is 5.91 Å². The molecule has 1 aliphatic rings. The molecule has 0 unspecified atom stereocenters. The van der Waals surface area contributed by atoms with Crippen molar-refractivity contribution in [3.63, 3.8) is 0 Å². The molecule has 2 rings (SSSR count). The number of nitrogens with one attached hydrogen (secondary N) is 1. The number of aryl methyl sites for hydroxylation is 2. The summed E-state index contributed by atoms with van der Waals surface area (Å²) < 4.78 is 5.56. The molecule has 110 valence electrons. The molecule has 1 fully saturated rings. The molecule has 0 atom stereocenters. The van der Waals surface area contributed by atoms with Gasteiger partial charge in [0, 0.05) is 6.54 Å². The lowest BCUT2D eigenvalue weighted by Gasteiger charge is -2.21. The lowest BCUT2D eigenvalue weighted by atomic mass is 9.89. The van der Waals surface area contributed by atoms with E-state index < -0.39 is 0 Å². The molecule has 0 spiro atoms. The predicted molar refractivity (Wildman–Crippen MR) is 81.0 cm³/mol. The molecule has 0 heterocycles. The lowest BCUT2D eigenvalue weighted by Crippen LogP contribution is -2.33. The molecule has 3 nitrogen and oxygen atoms in total. The van der Waals surface area contributed by atoms with Crippen LogP contribution < -0.4 is 10.1 Å². The normalized spacial score (nSPS) is 15.9. The maximum absolute atomic E-state index is 11.8. The summed E-state index contributed by atoms with van der Waals surface area (Å²) in [5.41, 5.74) is 2.31. The van der Waals surface area contributed by atoms with Gasteiger partial charge in [0.1, 0.15) is 5.75 Å². The maximum atomic E-state index is 11.8. The number of rotatable bonds is 5. The number of benzene rings is 1. The summed E-state index contributed by atoms with van der Waals surface area (Å²) in [4.78, 5) is 11.8. The van der Waals surface area contributed by atoms with Gasteiger partial charge in [-0.1, -0.05) is 25.3 Å². The Hall–Kier alpha value is -1.51. The highest BCUT2D eigenvalue weighted by atomic mass is 16.5. The summed E-state index contributed by atoms with van der Waals surface area (Å²) >= 11 is 0. The average molecular weight is 275 g/mol. The van der Waals surface area contributed by atoms with Gasteiger partial charge in [-0.05, 0) is 55.9 Å². The number of amides is 1. The van der Waals surface area contributed by atoms with Gasteiger partial charge in [0.2, 0.25) is 0 Å². The second kappa shape index (κ2) is 7.32. The Balaban J connectivity index is 1.71. The Morgan fingerprint density at radius 2 is 1.80 bits per heavy atom. The van der Waals surface area contributed by atoms with Gasteiger partial charge in [-0.15, -0.1) is 0 Å². The first-order valence-electron chi connectivity index (χ1n) is 7.61. The summed E-state index contributed by atoms with van der Waals surface area (Å²) in [7, 11) is 0. The van der Waals surface area contributed by atoms with E-state index in [1.165, 1.54) is 32.1 Å². The van der Waals surface area contributed by atoms with Crippen molar-refractivity contribution in [2.45, 2.75) is 46.0 Å². The van der Waals surface area contributed by atoms with Gasteiger partial charge in [-0.3, -0.25) is 4.79 Å². The Morgan fingerprint density at radius 3 is 2.45 bits per heavy atom. The second-order valence-electron chi connectivity index (χ2n) is 5.92. The minimum Gasteiger partial charge on any atom is -0.484 e. The third-order valence-electron chi connectivity index (χ3n) is 3.88. The van der Waals surface area contributed by atoms with Crippen molar-refractivity contribution in [1.29, 1.82) is 0 Å². The first-order chi connectivity index (χ1) is 9.63. The molecule has 1 aromatic rings. The Labute approximate surface area is 121 Å². The van der Waals surface area contributed by atoms with Crippen LogP contribution in [0.5, 0.6) is 5.75 Å². The molecule has 0 aromatic heterocycles. The highest BCUT2D eigenvalue weighted by Gasteiger charge is 2.14. The topological polar surface area (TPSA) is 38.3 Å². The van der Waals surface area contributed by atoms with E-state index in [1.807, 2.05) is 26.0 Å². The monoisotopic (exact) mass is 275 g/mol. The minimum atomic E-state index is -0.0188. The number of carbonyl (C=O) groups excluding carboxylic acids is 1. The fourth-order valence-electron chi connectivity index (χ4n) is 2.87. The highest BCUT2D eigenvalue weighted by Crippen LogP contribution is 2.22. The van der Waals surface area contributed by atoms with Gasteiger partial charge < -0.3 is 10.1 Å². The fourth-order valence-corrected chi connectivity index (χ4v) is 2.87. The molecule has 1 amide bonds. The van der Waals surface area contributed by atoms with Crippen molar-refractivity contribution in [3.8, 4) is 5.75 Å². The summed E-state index contributed by atoms with van der Waals surface area (Å²) in [5.74, 6) is 1.42. The van der Waals surface area contributed by atoms with Crippen molar-refractivity contribution < 1.29 is 9.53 Å².